The molecule has 1 unspecified atom stereocenters. The normalized spacial score (nSPS) is 39.4. The molecule has 0 radical (unpaired) electrons. The minimum absolute atomic E-state index is 0.435. The van der Waals surface area contributed by atoms with Gasteiger partial charge in [0.2, 0.25) is 0 Å². The molecule has 0 aromatic rings. The highest BCUT2D eigenvalue weighted by molar-refractivity contribution is 4.93. The number of alkyl halides is 1. The van der Waals surface area contributed by atoms with E-state index in [1.165, 1.54) is 0 Å². The Labute approximate surface area is 90.6 Å². The van der Waals surface area contributed by atoms with Crippen LogP contribution in [0.5, 0.6) is 0 Å². The monoisotopic (exact) mass is 220 g/mol. The summed E-state index contributed by atoms with van der Waals surface area (Å²) in [6.45, 7) is 8.84. The standard InChI is InChI=1S/C11H21FO3/c1-6(13)9-10(15-11(3,4)5)8(12)7(2)14-9/h6-10,13H,1-5H3/t6-,7-,8+,9+,10?/m0/s1. The number of aliphatic hydroxyl groups is 1. The number of halogens is 1. The van der Waals surface area contributed by atoms with Gasteiger partial charge in [-0.15, -0.1) is 0 Å². The Morgan fingerprint density at radius 2 is 1.93 bits per heavy atom. The zero-order valence-electron chi connectivity index (χ0n) is 10.0. The molecule has 0 aromatic carbocycles. The summed E-state index contributed by atoms with van der Waals surface area (Å²) in [5.41, 5.74) is -0.435. The number of rotatable bonds is 2. The predicted octanol–water partition coefficient (Wildman–Crippen LogP) is 1.68. The lowest BCUT2D eigenvalue weighted by Crippen LogP contribution is -2.42. The van der Waals surface area contributed by atoms with Crippen molar-refractivity contribution < 1.29 is 19.0 Å². The van der Waals surface area contributed by atoms with Crippen LogP contribution in [-0.2, 0) is 9.47 Å². The second kappa shape index (κ2) is 4.36. The first-order valence-electron chi connectivity index (χ1n) is 5.38. The van der Waals surface area contributed by atoms with Crippen molar-refractivity contribution in [2.45, 2.75) is 70.8 Å². The van der Waals surface area contributed by atoms with Crippen molar-refractivity contribution in [3.63, 3.8) is 0 Å². The lowest BCUT2D eigenvalue weighted by Gasteiger charge is -2.29. The second-order valence-electron chi connectivity index (χ2n) is 5.19. The Kier molecular flexibility index (Phi) is 3.74. The van der Waals surface area contributed by atoms with Crippen LogP contribution in [0.15, 0.2) is 0 Å². The molecule has 1 fully saturated rings. The van der Waals surface area contributed by atoms with Crippen molar-refractivity contribution in [3.8, 4) is 0 Å². The van der Waals surface area contributed by atoms with E-state index in [1.807, 2.05) is 20.8 Å². The van der Waals surface area contributed by atoms with Gasteiger partial charge < -0.3 is 14.6 Å². The van der Waals surface area contributed by atoms with E-state index < -0.39 is 36.2 Å². The summed E-state index contributed by atoms with van der Waals surface area (Å²) in [6.07, 6.45) is -3.67. The molecule has 0 amide bonds. The third kappa shape index (κ3) is 3.13. The second-order valence-corrected chi connectivity index (χ2v) is 5.19. The van der Waals surface area contributed by atoms with Crippen LogP contribution in [-0.4, -0.2) is 41.3 Å². The Hall–Kier alpha value is -0.190. The van der Waals surface area contributed by atoms with E-state index in [4.69, 9.17) is 9.47 Å². The van der Waals surface area contributed by atoms with Gasteiger partial charge >= 0.3 is 0 Å². The summed E-state index contributed by atoms with van der Waals surface area (Å²) in [7, 11) is 0. The van der Waals surface area contributed by atoms with Gasteiger partial charge in [-0.3, -0.25) is 0 Å². The van der Waals surface area contributed by atoms with Gasteiger partial charge in [0.1, 0.15) is 12.2 Å². The van der Waals surface area contributed by atoms with E-state index >= 15 is 0 Å². The lowest BCUT2D eigenvalue weighted by atomic mass is 10.0. The van der Waals surface area contributed by atoms with Crippen molar-refractivity contribution in [1.82, 2.24) is 0 Å². The van der Waals surface area contributed by atoms with Gasteiger partial charge in [0.05, 0.1) is 17.8 Å². The number of ether oxygens (including phenoxy) is 2. The first kappa shape index (κ1) is 12.9. The molecule has 0 spiro atoms. The lowest BCUT2D eigenvalue weighted by molar-refractivity contribution is -0.125. The molecule has 15 heavy (non-hydrogen) atoms. The molecule has 1 aliphatic rings. The first-order chi connectivity index (χ1) is 6.72. The highest BCUT2D eigenvalue weighted by atomic mass is 19.1. The molecule has 1 N–H and O–H groups in total. The van der Waals surface area contributed by atoms with Gasteiger partial charge in [-0.25, -0.2) is 4.39 Å². The molecule has 5 atom stereocenters. The van der Waals surface area contributed by atoms with E-state index in [1.54, 1.807) is 13.8 Å². The zero-order chi connectivity index (χ0) is 11.8. The number of hydrogen-bond acceptors (Lipinski definition) is 3. The van der Waals surface area contributed by atoms with Crippen LogP contribution < -0.4 is 0 Å². The largest absolute Gasteiger partial charge is 0.391 e. The van der Waals surface area contributed by atoms with Crippen molar-refractivity contribution in [1.29, 1.82) is 0 Å². The summed E-state index contributed by atoms with van der Waals surface area (Å²) in [5.74, 6) is 0. The molecule has 1 heterocycles. The van der Waals surface area contributed by atoms with Gasteiger partial charge in [0.15, 0.2) is 6.17 Å². The van der Waals surface area contributed by atoms with Gasteiger partial charge in [-0.1, -0.05) is 0 Å². The average Bonchev–Trinajstić information content (AvgIpc) is 2.30. The van der Waals surface area contributed by atoms with E-state index in [-0.39, 0.29) is 0 Å². The maximum absolute atomic E-state index is 13.8. The maximum atomic E-state index is 13.8. The van der Waals surface area contributed by atoms with Crippen molar-refractivity contribution in [3.05, 3.63) is 0 Å². The molecule has 0 aliphatic carbocycles. The van der Waals surface area contributed by atoms with Gasteiger partial charge in [0, 0.05) is 0 Å². The minimum atomic E-state index is -1.18. The summed E-state index contributed by atoms with van der Waals surface area (Å²) >= 11 is 0. The molecular formula is C11H21FO3. The Bertz CT molecular complexity index is 212. The topological polar surface area (TPSA) is 38.7 Å². The molecule has 90 valence electrons. The van der Waals surface area contributed by atoms with Crippen LogP contribution in [0.1, 0.15) is 34.6 Å². The molecule has 0 saturated carbocycles. The molecule has 1 saturated heterocycles. The summed E-state index contributed by atoms with van der Waals surface area (Å²) < 4.78 is 24.7. The highest BCUT2D eigenvalue weighted by Crippen LogP contribution is 2.31. The van der Waals surface area contributed by atoms with Crippen molar-refractivity contribution >= 4 is 0 Å². The van der Waals surface area contributed by atoms with E-state index in [2.05, 4.69) is 0 Å². The molecular weight excluding hydrogens is 199 g/mol. The quantitative estimate of drug-likeness (QED) is 0.769. The van der Waals surface area contributed by atoms with Gasteiger partial charge in [-0.05, 0) is 34.6 Å². The third-order valence-electron chi connectivity index (χ3n) is 2.42. The fourth-order valence-electron chi connectivity index (χ4n) is 1.78. The van der Waals surface area contributed by atoms with Crippen LogP contribution in [0.25, 0.3) is 0 Å². The smallest absolute Gasteiger partial charge is 0.155 e. The maximum Gasteiger partial charge on any atom is 0.155 e. The van der Waals surface area contributed by atoms with Crippen LogP contribution in [0.3, 0.4) is 0 Å². The fourth-order valence-corrected chi connectivity index (χ4v) is 1.78. The molecule has 3 nitrogen and oxygen atoms in total. The molecule has 4 heteroatoms. The summed E-state index contributed by atoms with van der Waals surface area (Å²) in [5, 5.41) is 9.48. The predicted molar refractivity (Wildman–Crippen MR) is 55.5 cm³/mol. The van der Waals surface area contributed by atoms with E-state index in [0.29, 0.717) is 0 Å². The SMILES string of the molecule is C[C@H](O)[C@H]1O[C@@H](C)[C@@H](F)C1OC(C)(C)C. The van der Waals surface area contributed by atoms with Crippen molar-refractivity contribution in [2.75, 3.05) is 0 Å². The zero-order valence-corrected chi connectivity index (χ0v) is 10.0. The van der Waals surface area contributed by atoms with Gasteiger partial charge in [0.25, 0.3) is 0 Å². The van der Waals surface area contributed by atoms with E-state index in [0.717, 1.165) is 0 Å². The number of hydrogen-bond donors (Lipinski definition) is 1. The molecule has 1 rings (SSSR count). The number of aliphatic hydroxyl groups excluding tert-OH is 1. The fraction of sp³-hybridized carbons (Fsp3) is 1.00. The van der Waals surface area contributed by atoms with Crippen LogP contribution in [0.2, 0.25) is 0 Å². The summed E-state index contributed by atoms with van der Waals surface area (Å²) in [4.78, 5) is 0. The molecule has 0 aromatic heterocycles. The highest BCUT2D eigenvalue weighted by Gasteiger charge is 2.47. The van der Waals surface area contributed by atoms with Crippen LogP contribution >= 0.6 is 0 Å². The first-order valence-corrected chi connectivity index (χ1v) is 5.38. The molecule has 1 aliphatic heterocycles. The minimum Gasteiger partial charge on any atom is -0.391 e. The Morgan fingerprint density at radius 1 is 1.40 bits per heavy atom. The Balaban J connectivity index is 2.73. The van der Waals surface area contributed by atoms with E-state index in [9.17, 15) is 9.50 Å². The Morgan fingerprint density at radius 3 is 2.33 bits per heavy atom. The van der Waals surface area contributed by atoms with Crippen molar-refractivity contribution in [2.24, 2.45) is 0 Å². The van der Waals surface area contributed by atoms with Crippen LogP contribution in [0, 0.1) is 0 Å². The molecule has 0 bridgehead atoms. The average molecular weight is 220 g/mol. The third-order valence-corrected chi connectivity index (χ3v) is 2.42. The van der Waals surface area contributed by atoms with Crippen LogP contribution in [0.4, 0.5) is 4.39 Å². The van der Waals surface area contributed by atoms with Gasteiger partial charge in [-0.2, -0.15) is 0 Å². The summed E-state index contributed by atoms with van der Waals surface area (Å²) in [6, 6.07) is 0.